The van der Waals surface area contributed by atoms with Crippen LogP contribution in [-0.2, 0) is 11.2 Å². The molecule has 2 aromatic rings. The van der Waals surface area contributed by atoms with E-state index >= 15 is 0 Å². The van der Waals surface area contributed by atoms with Crippen LogP contribution in [0.25, 0.3) is 0 Å². The van der Waals surface area contributed by atoms with Crippen molar-refractivity contribution in [2.45, 2.75) is 6.42 Å². The molecule has 0 bridgehead atoms. The van der Waals surface area contributed by atoms with Gasteiger partial charge in [-0.3, -0.25) is 4.79 Å². The fourth-order valence-corrected chi connectivity index (χ4v) is 1.90. The average molecular weight is 281 g/mol. The minimum absolute atomic E-state index is 0.125. The molecule has 1 N–H and O–H groups in total. The normalized spacial score (nSPS) is 10.1. The molecule has 1 aromatic heterocycles. The molecule has 0 spiro atoms. The highest BCUT2D eigenvalue weighted by molar-refractivity contribution is 6.30. The number of carbonyl (C=O) groups is 1. The van der Waals surface area contributed by atoms with Crippen molar-refractivity contribution < 1.29 is 4.79 Å². The zero-order valence-electron chi connectivity index (χ0n) is 9.36. The molecule has 18 heavy (non-hydrogen) atoms. The van der Waals surface area contributed by atoms with E-state index in [1.165, 1.54) is 6.20 Å². The van der Waals surface area contributed by atoms with Crippen molar-refractivity contribution >= 4 is 34.8 Å². The Morgan fingerprint density at radius 1 is 1.22 bits per heavy atom. The van der Waals surface area contributed by atoms with Crippen LogP contribution in [0.4, 0.5) is 5.69 Å². The first-order valence-electron chi connectivity index (χ1n) is 5.29. The number of hydrogen-bond donors (Lipinski definition) is 1. The molecule has 0 aliphatic heterocycles. The van der Waals surface area contributed by atoms with Crippen LogP contribution in [0.5, 0.6) is 0 Å². The summed E-state index contributed by atoms with van der Waals surface area (Å²) in [5.74, 6) is -0.125. The molecule has 1 heterocycles. The first-order chi connectivity index (χ1) is 8.63. The van der Waals surface area contributed by atoms with Crippen LogP contribution in [0.15, 0.2) is 42.6 Å². The van der Waals surface area contributed by atoms with Gasteiger partial charge >= 0.3 is 0 Å². The van der Waals surface area contributed by atoms with E-state index in [0.29, 0.717) is 15.9 Å². The van der Waals surface area contributed by atoms with E-state index in [9.17, 15) is 4.79 Å². The topological polar surface area (TPSA) is 42.0 Å². The second-order valence-corrected chi connectivity index (χ2v) is 4.55. The predicted octanol–water partition coefficient (Wildman–Crippen LogP) is 3.57. The summed E-state index contributed by atoms with van der Waals surface area (Å²) in [6, 6.07) is 10.5. The molecule has 0 fully saturated rings. The van der Waals surface area contributed by atoms with E-state index in [-0.39, 0.29) is 12.3 Å². The summed E-state index contributed by atoms with van der Waals surface area (Å²) < 4.78 is 0. The highest BCUT2D eigenvalue weighted by Gasteiger charge is 2.05. The molecule has 92 valence electrons. The monoisotopic (exact) mass is 280 g/mol. The van der Waals surface area contributed by atoms with Crippen molar-refractivity contribution in [3.8, 4) is 0 Å². The molecular weight excluding hydrogens is 271 g/mol. The van der Waals surface area contributed by atoms with Gasteiger partial charge < -0.3 is 5.32 Å². The van der Waals surface area contributed by atoms with Crippen LogP contribution in [0.2, 0.25) is 10.2 Å². The van der Waals surface area contributed by atoms with Gasteiger partial charge in [0, 0.05) is 16.9 Å². The Morgan fingerprint density at radius 3 is 2.78 bits per heavy atom. The molecule has 5 heteroatoms. The standard InChI is InChI=1S/C13H10Cl2N2O/c14-10-3-1-2-9(6-10)7-13(18)17-11-4-5-16-12(15)8-11/h1-6,8H,7H2,(H,16,17,18). The number of anilines is 1. The predicted molar refractivity (Wildman–Crippen MR) is 73.0 cm³/mol. The number of hydrogen-bond acceptors (Lipinski definition) is 2. The van der Waals surface area contributed by atoms with Gasteiger partial charge in [0.05, 0.1) is 6.42 Å². The van der Waals surface area contributed by atoms with E-state index in [2.05, 4.69) is 10.3 Å². The number of pyridine rings is 1. The van der Waals surface area contributed by atoms with Crippen LogP contribution >= 0.6 is 23.2 Å². The summed E-state index contributed by atoms with van der Waals surface area (Å²) in [7, 11) is 0. The Hall–Kier alpha value is -1.58. The maximum absolute atomic E-state index is 11.8. The average Bonchev–Trinajstić information content (AvgIpc) is 2.28. The van der Waals surface area contributed by atoms with E-state index in [0.717, 1.165) is 5.56 Å². The lowest BCUT2D eigenvalue weighted by atomic mass is 10.1. The molecule has 1 amide bonds. The third-order valence-corrected chi connectivity index (χ3v) is 2.71. The van der Waals surface area contributed by atoms with E-state index in [1.54, 1.807) is 24.3 Å². The summed E-state index contributed by atoms with van der Waals surface area (Å²) in [6.45, 7) is 0. The Bertz CT molecular complexity index is 523. The molecule has 0 unspecified atom stereocenters. The van der Waals surface area contributed by atoms with Gasteiger partial charge in [0.1, 0.15) is 5.15 Å². The lowest BCUT2D eigenvalue weighted by Crippen LogP contribution is -2.14. The van der Waals surface area contributed by atoms with Crippen LogP contribution in [0, 0.1) is 0 Å². The van der Waals surface area contributed by atoms with Crippen molar-refractivity contribution in [2.75, 3.05) is 5.32 Å². The minimum Gasteiger partial charge on any atom is -0.326 e. The molecule has 0 aliphatic carbocycles. The summed E-state index contributed by atoms with van der Waals surface area (Å²) in [5, 5.41) is 3.71. The quantitative estimate of drug-likeness (QED) is 0.874. The molecular formula is C13H10Cl2N2O. The van der Waals surface area contributed by atoms with Gasteiger partial charge in [-0.1, -0.05) is 35.3 Å². The van der Waals surface area contributed by atoms with Gasteiger partial charge in [-0.2, -0.15) is 0 Å². The number of amides is 1. The summed E-state index contributed by atoms with van der Waals surface area (Å²) in [5.41, 5.74) is 1.49. The largest absolute Gasteiger partial charge is 0.326 e. The molecule has 0 atom stereocenters. The van der Waals surface area contributed by atoms with Gasteiger partial charge in [-0.15, -0.1) is 0 Å². The van der Waals surface area contributed by atoms with Gasteiger partial charge in [0.2, 0.25) is 5.91 Å². The zero-order chi connectivity index (χ0) is 13.0. The molecule has 0 radical (unpaired) electrons. The third-order valence-electron chi connectivity index (χ3n) is 2.26. The number of rotatable bonds is 3. The lowest BCUT2D eigenvalue weighted by molar-refractivity contribution is -0.115. The summed E-state index contributed by atoms with van der Waals surface area (Å²) in [6.07, 6.45) is 1.80. The molecule has 3 nitrogen and oxygen atoms in total. The van der Waals surface area contributed by atoms with Crippen LogP contribution in [0.3, 0.4) is 0 Å². The molecule has 2 rings (SSSR count). The van der Waals surface area contributed by atoms with Gasteiger partial charge in [-0.25, -0.2) is 4.98 Å². The second-order valence-electron chi connectivity index (χ2n) is 3.72. The van der Waals surface area contributed by atoms with Crippen LogP contribution < -0.4 is 5.32 Å². The van der Waals surface area contributed by atoms with Crippen molar-refractivity contribution in [1.29, 1.82) is 0 Å². The smallest absolute Gasteiger partial charge is 0.228 e. The Kier molecular flexibility index (Phi) is 4.18. The number of nitrogens with one attached hydrogen (secondary N) is 1. The number of benzene rings is 1. The van der Waals surface area contributed by atoms with Gasteiger partial charge in [0.25, 0.3) is 0 Å². The van der Waals surface area contributed by atoms with Crippen molar-refractivity contribution in [3.63, 3.8) is 0 Å². The molecule has 1 aromatic carbocycles. The number of halogens is 2. The lowest BCUT2D eigenvalue weighted by Gasteiger charge is -2.05. The third kappa shape index (κ3) is 3.72. The van der Waals surface area contributed by atoms with E-state index in [1.807, 2.05) is 12.1 Å². The summed E-state index contributed by atoms with van der Waals surface area (Å²) in [4.78, 5) is 15.6. The zero-order valence-corrected chi connectivity index (χ0v) is 10.9. The first-order valence-corrected chi connectivity index (χ1v) is 6.05. The van der Waals surface area contributed by atoms with Crippen molar-refractivity contribution in [1.82, 2.24) is 4.98 Å². The number of aromatic nitrogens is 1. The molecule has 0 saturated heterocycles. The Morgan fingerprint density at radius 2 is 2.06 bits per heavy atom. The highest BCUT2D eigenvalue weighted by atomic mass is 35.5. The minimum atomic E-state index is -0.125. The maximum atomic E-state index is 11.8. The SMILES string of the molecule is O=C(Cc1cccc(Cl)c1)Nc1ccnc(Cl)c1. The van der Waals surface area contributed by atoms with Crippen LogP contribution in [0.1, 0.15) is 5.56 Å². The fourth-order valence-electron chi connectivity index (χ4n) is 1.52. The Balaban J connectivity index is 2.01. The Labute approximate surface area is 115 Å². The van der Waals surface area contributed by atoms with Gasteiger partial charge in [-0.05, 0) is 29.8 Å². The number of carbonyl (C=O) groups excluding carboxylic acids is 1. The van der Waals surface area contributed by atoms with E-state index < -0.39 is 0 Å². The van der Waals surface area contributed by atoms with Crippen molar-refractivity contribution in [3.05, 3.63) is 58.3 Å². The first kappa shape index (κ1) is 12.9. The highest BCUT2D eigenvalue weighted by Crippen LogP contribution is 2.14. The van der Waals surface area contributed by atoms with E-state index in [4.69, 9.17) is 23.2 Å². The maximum Gasteiger partial charge on any atom is 0.228 e. The van der Waals surface area contributed by atoms with Crippen LogP contribution in [-0.4, -0.2) is 10.9 Å². The molecule has 0 saturated carbocycles. The molecule has 0 aliphatic rings. The second kappa shape index (κ2) is 5.85. The fraction of sp³-hybridized carbons (Fsp3) is 0.0769. The van der Waals surface area contributed by atoms with Crippen molar-refractivity contribution in [2.24, 2.45) is 0 Å². The number of nitrogens with zero attached hydrogens (tertiary/aromatic N) is 1. The summed E-state index contributed by atoms with van der Waals surface area (Å²) >= 11 is 11.6. The van der Waals surface area contributed by atoms with Gasteiger partial charge in [0.15, 0.2) is 0 Å².